The highest BCUT2D eigenvalue weighted by atomic mass is 32.2. The number of hydrogen-bond donors (Lipinski definition) is 1. The summed E-state index contributed by atoms with van der Waals surface area (Å²) >= 11 is 0. The first-order chi connectivity index (χ1) is 10.7. The summed E-state index contributed by atoms with van der Waals surface area (Å²) in [6, 6.07) is 4.40. The lowest BCUT2D eigenvalue weighted by Crippen LogP contribution is -2.42. The molecule has 1 atom stereocenters. The molecule has 1 aromatic rings. The van der Waals surface area contributed by atoms with Crippen LogP contribution in [0.2, 0.25) is 0 Å². The zero-order valence-electron chi connectivity index (χ0n) is 12.6. The van der Waals surface area contributed by atoms with Crippen molar-refractivity contribution < 1.29 is 21.6 Å². The Bertz CT molecular complexity index is 682. The lowest BCUT2D eigenvalue weighted by atomic mass is 9.80. The van der Waals surface area contributed by atoms with Crippen molar-refractivity contribution in [3.05, 3.63) is 29.8 Å². The first-order valence-electron chi connectivity index (χ1n) is 7.62. The van der Waals surface area contributed by atoms with Crippen LogP contribution in [0, 0.1) is 5.41 Å². The third kappa shape index (κ3) is 3.12. The van der Waals surface area contributed by atoms with Crippen molar-refractivity contribution >= 4 is 10.0 Å². The van der Waals surface area contributed by atoms with Gasteiger partial charge in [-0.05, 0) is 43.4 Å². The Morgan fingerprint density at radius 1 is 1.17 bits per heavy atom. The van der Waals surface area contributed by atoms with Crippen LogP contribution in [0.25, 0.3) is 0 Å². The molecular weight excluding hydrogens is 329 g/mol. The van der Waals surface area contributed by atoms with Gasteiger partial charge in [-0.25, -0.2) is 8.42 Å². The van der Waals surface area contributed by atoms with Crippen molar-refractivity contribution in [1.29, 1.82) is 0 Å². The molecule has 0 saturated carbocycles. The van der Waals surface area contributed by atoms with Crippen LogP contribution in [-0.2, 0) is 16.2 Å². The monoisotopic (exact) mass is 348 g/mol. The number of benzene rings is 1. The number of halogens is 3. The van der Waals surface area contributed by atoms with Crippen LogP contribution in [0.3, 0.4) is 0 Å². The van der Waals surface area contributed by atoms with Gasteiger partial charge in [0, 0.05) is 19.6 Å². The minimum Gasteiger partial charge on any atom is -0.316 e. The molecule has 2 saturated heterocycles. The van der Waals surface area contributed by atoms with Crippen molar-refractivity contribution in [3.63, 3.8) is 0 Å². The van der Waals surface area contributed by atoms with Crippen LogP contribution in [0.1, 0.15) is 24.8 Å². The Balaban J connectivity index is 1.92. The summed E-state index contributed by atoms with van der Waals surface area (Å²) in [5, 5.41) is 3.26. The smallest absolute Gasteiger partial charge is 0.316 e. The zero-order chi connectivity index (χ0) is 16.7. The minimum absolute atomic E-state index is 0.140. The zero-order valence-corrected chi connectivity index (χ0v) is 13.4. The van der Waals surface area contributed by atoms with Crippen molar-refractivity contribution in [2.24, 2.45) is 5.41 Å². The van der Waals surface area contributed by atoms with Gasteiger partial charge < -0.3 is 5.32 Å². The maximum atomic E-state index is 13.1. The molecule has 2 aliphatic rings. The Hall–Kier alpha value is -1.12. The molecule has 0 radical (unpaired) electrons. The third-order valence-corrected chi connectivity index (χ3v) is 6.68. The molecule has 3 rings (SSSR count). The second kappa shape index (κ2) is 5.75. The van der Waals surface area contributed by atoms with E-state index in [1.54, 1.807) is 0 Å². The average Bonchev–Trinajstić information content (AvgIpc) is 2.91. The van der Waals surface area contributed by atoms with E-state index in [4.69, 9.17) is 0 Å². The fourth-order valence-corrected chi connectivity index (χ4v) is 5.31. The largest absolute Gasteiger partial charge is 0.417 e. The van der Waals surface area contributed by atoms with Crippen molar-refractivity contribution in [2.45, 2.75) is 30.3 Å². The molecule has 2 aliphatic heterocycles. The third-order valence-electron chi connectivity index (χ3n) is 4.77. The number of alkyl halides is 3. The van der Waals surface area contributed by atoms with Crippen LogP contribution in [0.15, 0.2) is 29.2 Å². The number of hydrogen-bond acceptors (Lipinski definition) is 3. The predicted molar refractivity (Wildman–Crippen MR) is 79.4 cm³/mol. The fourth-order valence-electron chi connectivity index (χ4n) is 3.54. The summed E-state index contributed by atoms with van der Waals surface area (Å²) < 4.78 is 66.0. The second-order valence-electron chi connectivity index (χ2n) is 6.36. The van der Waals surface area contributed by atoms with Crippen molar-refractivity contribution in [3.8, 4) is 0 Å². The number of sulfonamides is 1. The summed E-state index contributed by atoms with van der Waals surface area (Å²) in [5.41, 5.74) is -1.24. The van der Waals surface area contributed by atoms with Gasteiger partial charge >= 0.3 is 6.18 Å². The molecule has 0 amide bonds. The summed E-state index contributed by atoms with van der Waals surface area (Å²) in [5.74, 6) is 0. The van der Waals surface area contributed by atoms with Gasteiger partial charge in [0.15, 0.2) is 0 Å². The topological polar surface area (TPSA) is 49.4 Å². The minimum atomic E-state index is -4.69. The summed E-state index contributed by atoms with van der Waals surface area (Å²) in [7, 11) is -4.14. The molecule has 2 heterocycles. The molecule has 1 N–H and O–H groups in total. The average molecular weight is 348 g/mol. The number of piperidine rings is 1. The second-order valence-corrected chi connectivity index (χ2v) is 8.27. The molecule has 23 heavy (non-hydrogen) atoms. The van der Waals surface area contributed by atoms with Crippen LogP contribution < -0.4 is 5.32 Å². The van der Waals surface area contributed by atoms with E-state index in [9.17, 15) is 21.6 Å². The highest BCUT2D eigenvalue weighted by molar-refractivity contribution is 7.89. The van der Waals surface area contributed by atoms with E-state index in [2.05, 4.69) is 5.32 Å². The van der Waals surface area contributed by atoms with Crippen molar-refractivity contribution in [1.82, 2.24) is 9.62 Å². The Morgan fingerprint density at radius 3 is 2.57 bits per heavy atom. The Morgan fingerprint density at radius 2 is 1.91 bits per heavy atom. The highest BCUT2D eigenvalue weighted by Crippen LogP contribution is 2.41. The van der Waals surface area contributed by atoms with E-state index < -0.39 is 26.7 Å². The molecule has 1 spiro atoms. The SMILES string of the molecule is O=S(=O)(c1ccccc1C(F)(F)F)N1CCC2(CCCNC2)C1. The van der Waals surface area contributed by atoms with Gasteiger partial charge in [0.1, 0.15) is 0 Å². The maximum Gasteiger partial charge on any atom is 0.417 e. The molecule has 1 unspecified atom stereocenters. The molecule has 0 aliphatic carbocycles. The lowest BCUT2D eigenvalue weighted by molar-refractivity contribution is -0.139. The summed E-state index contributed by atoms with van der Waals surface area (Å²) in [4.78, 5) is -0.645. The van der Waals surface area contributed by atoms with Crippen LogP contribution in [0.4, 0.5) is 13.2 Å². The first-order valence-corrected chi connectivity index (χ1v) is 9.06. The van der Waals surface area contributed by atoms with E-state index in [1.165, 1.54) is 16.4 Å². The molecule has 0 aromatic heterocycles. The molecule has 4 nitrogen and oxygen atoms in total. The van der Waals surface area contributed by atoms with Gasteiger partial charge in [-0.1, -0.05) is 12.1 Å². The van der Waals surface area contributed by atoms with Gasteiger partial charge in [-0.3, -0.25) is 0 Å². The summed E-state index contributed by atoms with van der Waals surface area (Å²) in [6.07, 6.45) is -2.12. The Kier molecular flexibility index (Phi) is 4.18. The van der Waals surface area contributed by atoms with Crippen LogP contribution in [-0.4, -0.2) is 38.9 Å². The normalized spacial score (nSPS) is 26.7. The van der Waals surface area contributed by atoms with Gasteiger partial charge in [-0.2, -0.15) is 17.5 Å². The maximum absolute atomic E-state index is 13.1. The fraction of sp³-hybridized carbons (Fsp3) is 0.600. The summed E-state index contributed by atoms with van der Waals surface area (Å²) in [6.45, 7) is 2.19. The highest BCUT2D eigenvalue weighted by Gasteiger charge is 2.45. The standard InChI is InChI=1S/C15H19F3N2O2S/c16-15(17,18)12-4-1-2-5-13(12)23(21,22)20-9-7-14(11-20)6-3-8-19-10-14/h1-2,4-5,19H,3,6-11H2. The Labute approximate surface area is 133 Å². The molecule has 1 aromatic carbocycles. The van der Waals surface area contributed by atoms with Crippen LogP contribution in [0.5, 0.6) is 0 Å². The van der Waals surface area contributed by atoms with E-state index in [0.717, 1.165) is 38.1 Å². The first kappa shape index (κ1) is 16.7. The molecular formula is C15H19F3N2O2S. The molecule has 8 heteroatoms. The van der Waals surface area contributed by atoms with E-state index in [-0.39, 0.29) is 18.5 Å². The number of rotatable bonds is 2. The van der Waals surface area contributed by atoms with E-state index in [0.29, 0.717) is 6.42 Å². The van der Waals surface area contributed by atoms with Gasteiger partial charge in [0.25, 0.3) is 0 Å². The molecule has 128 valence electrons. The van der Waals surface area contributed by atoms with Gasteiger partial charge in [-0.15, -0.1) is 0 Å². The van der Waals surface area contributed by atoms with Crippen LogP contribution >= 0.6 is 0 Å². The number of nitrogens with one attached hydrogen (secondary N) is 1. The van der Waals surface area contributed by atoms with Gasteiger partial charge in [0.2, 0.25) is 10.0 Å². The van der Waals surface area contributed by atoms with Gasteiger partial charge in [0.05, 0.1) is 10.5 Å². The molecule has 2 fully saturated rings. The van der Waals surface area contributed by atoms with Crippen molar-refractivity contribution in [2.75, 3.05) is 26.2 Å². The molecule has 0 bridgehead atoms. The van der Waals surface area contributed by atoms with E-state index >= 15 is 0 Å². The quantitative estimate of drug-likeness (QED) is 0.893. The predicted octanol–water partition coefficient (Wildman–Crippen LogP) is 2.47. The lowest BCUT2D eigenvalue weighted by Gasteiger charge is -2.33. The van der Waals surface area contributed by atoms with E-state index in [1.807, 2.05) is 0 Å². The number of nitrogens with zero attached hydrogens (tertiary/aromatic N) is 1.